The SMILES string of the molecule is CC1CCCC(C)N1NS(=O)(=O)c1ccc(CN)s1. The van der Waals surface area contributed by atoms with Crippen molar-refractivity contribution >= 4 is 21.4 Å². The fraction of sp³-hybridized carbons (Fsp3) is 0.667. The molecule has 1 aliphatic rings. The monoisotopic (exact) mass is 303 g/mol. The lowest BCUT2D eigenvalue weighted by Crippen LogP contribution is -2.53. The predicted molar refractivity (Wildman–Crippen MR) is 77.1 cm³/mol. The molecule has 7 heteroatoms. The van der Waals surface area contributed by atoms with Gasteiger partial charge >= 0.3 is 0 Å². The number of sulfonamides is 1. The van der Waals surface area contributed by atoms with Gasteiger partial charge in [0.2, 0.25) is 0 Å². The third-order valence-corrected chi connectivity index (χ3v) is 6.45. The van der Waals surface area contributed by atoms with Crippen molar-refractivity contribution in [3.8, 4) is 0 Å². The van der Waals surface area contributed by atoms with E-state index in [0.717, 1.165) is 24.1 Å². The van der Waals surface area contributed by atoms with Crippen molar-refractivity contribution in [2.24, 2.45) is 5.73 Å². The second-order valence-electron chi connectivity index (χ2n) is 5.06. The molecule has 0 radical (unpaired) electrons. The summed E-state index contributed by atoms with van der Waals surface area (Å²) in [7, 11) is -3.48. The number of piperidine rings is 1. The Labute approximate surface area is 118 Å². The van der Waals surface area contributed by atoms with Crippen LogP contribution in [-0.4, -0.2) is 25.5 Å². The molecule has 19 heavy (non-hydrogen) atoms. The van der Waals surface area contributed by atoms with Crippen LogP contribution >= 0.6 is 11.3 Å². The highest BCUT2D eigenvalue weighted by atomic mass is 32.2. The third kappa shape index (κ3) is 3.35. The summed E-state index contributed by atoms with van der Waals surface area (Å²) < 4.78 is 25.0. The maximum absolute atomic E-state index is 12.3. The van der Waals surface area contributed by atoms with Gasteiger partial charge in [0.25, 0.3) is 10.0 Å². The van der Waals surface area contributed by atoms with Gasteiger partial charge in [-0.05, 0) is 38.8 Å². The molecule has 1 aromatic rings. The van der Waals surface area contributed by atoms with E-state index in [0.29, 0.717) is 10.8 Å². The standard InChI is InChI=1S/C12H21N3O2S2/c1-9-4-3-5-10(2)15(9)14-19(16,17)12-7-6-11(8-13)18-12/h6-7,9-10,14H,3-5,8,13H2,1-2H3. The first-order valence-electron chi connectivity index (χ1n) is 6.53. The van der Waals surface area contributed by atoms with Crippen LogP contribution in [0.3, 0.4) is 0 Å². The molecule has 2 atom stereocenters. The molecule has 5 nitrogen and oxygen atoms in total. The van der Waals surface area contributed by atoms with E-state index in [2.05, 4.69) is 18.7 Å². The highest BCUT2D eigenvalue weighted by Crippen LogP contribution is 2.25. The normalized spacial score (nSPS) is 25.6. The summed E-state index contributed by atoms with van der Waals surface area (Å²) in [6.45, 7) is 4.48. The molecule has 0 amide bonds. The van der Waals surface area contributed by atoms with Gasteiger partial charge in [-0.15, -0.1) is 16.2 Å². The van der Waals surface area contributed by atoms with Crippen LogP contribution in [0.15, 0.2) is 16.3 Å². The van der Waals surface area contributed by atoms with Crippen molar-refractivity contribution in [2.45, 2.75) is 55.9 Å². The van der Waals surface area contributed by atoms with Gasteiger partial charge in [-0.1, -0.05) is 6.42 Å². The average Bonchev–Trinajstić information content (AvgIpc) is 2.83. The number of hydrogen-bond acceptors (Lipinski definition) is 5. The molecule has 108 valence electrons. The van der Waals surface area contributed by atoms with E-state index in [4.69, 9.17) is 5.73 Å². The predicted octanol–water partition coefficient (Wildman–Crippen LogP) is 1.66. The number of hydrogen-bond donors (Lipinski definition) is 2. The summed E-state index contributed by atoms with van der Waals surface area (Å²) >= 11 is 1.23. The van der Waals surface area contributed by atoms with Crippen molar-refractivity contribution in [3.63, 3.8) is 0 Å². The second-order valence-corrected chi connectivity index (χ2v) is 8.11. The second kappa shape index (κ2) is 5.88. The van der Waals surface area contributed by atoms with E-state index >= 15 is 0 Å². The van der Waals surface area contributed by atoms with E-state index in [1.54, 1.807) is 12.1 Å². The van der Waals surface area contributed by atoms with Crippen molar-refractivity contribution in [1.29, 1.82) is 0 Å². The summed E-state index contributed by atoms with van der Waals surface area (Å²) in [6.07, 6.45) is 3.19. The molecule has 0 spiro atoms. The minimum Gasteiger partial charge on any atom is -0.326 e. The van der Waals surface area contributed by atoms with Gasteiger partial charge in [-0.25, -0.2) is 13.4 Å². The number of hydrazine groups is 1. The van der Waals surface area contributed by atoms with Crippen molar-refractivity contribution < 1.29 is 8.42 Å². The minimum absolute atomic E-state index is 0.229. The lowest BCUT2D eigenvalue weighted by molar-refractivity contribution is 0.0791. The Morgan fingerprint density at radius 3 is 2.53 bits per heavy atom. The van der Waals surface area contributed by atoms with Crippen LogP contribution in [0.5, 0.6) is 0 Å². The van der Waals surface area contributed by atoms with E-state index in [1.807, 2.05) is 5.01 Å². The first-order valence-corrected chi connectivity index (χ1v) is 8.83. The number of rotatable bonds is 4. The van der Waals surface area contributed by atoms with E-state index < -0.39 is 10.0 Å². The maximum atomic E-state index is 12.3. The molecular weight excluding hydrogens is 282 g/mol. The van der Waals surface area contributed by atoms with Crippen LogP contribution in [0, 0.1) is 0 Å². The molecule has 1 saturated heterocycles. The number of thiophene rings is 1. The minimum atomic E-state index is -3.48. The maximum Gasteiger partial charge on any atom is 0.262 e. The highest BCUT2D eigenvalue weighted by Gasteiger charge is 2.29. The van der Waals surface area contributed by atoms with Crippen LogP contribution in [0.25, 0.3) is 0 Å². The fourth-order valence-electron chi connectivity index (χ4n) is 2.40. The smallest absolute Gasteiger partial charge is 0.262 e. The molecular formula is C12H21N3O2S2. The van der Waals surface area contributed by atoms with E-state index in [-0.39, 0.29) is 12.1 Å². The molecule has 0 aliphatic carbocycles. The molecule has 1 aromatic heterocycles. The number of nitrogens with two attached hydrogens (primary N) is 1. The molecule has 1 fully saturated rings. The van der Waals surface area contributed by atoms with Crippen LogP contribution in [0.4, 0.5) is 0 Å². The molecule has 0 bridgehead atoms. The Kier molecular flexibility index (Phi) is 4.62. The van der Waals surface area contributed by atoms with Crippen LogP contribution in [0.1, 0.15) is 38.0 Å². The lowest BCUT2D eigenvalue weighted by atomic mass is 10.0. The zero-order valence-corrected chi connectivity index (χ0v) is 12.9. The van der Waals surface area contributed by atoms with E-state index in [9.17, 15) is 8.42 Å². The van der Waals surface area contributed by atoms with Crippen molar-refractivity contribution in [3.05, 3.63) is 17.0 Å². The van der Waals surface area contributed by atoms with Crippen molar-refractivity contribution in [2.75, 3.05) is 0 Å². The first-order chi connectivity index (χ1) is 8.94. The lowest BCUT2D eigenvalue weighted by Gasteiger charge is -2.38. The summed E-state index contributed by atoms with van der Waals surface area (Å²) in [6, 6.07) is 3.84. The van der Waals surface area contributed by atoms with Crippen LogP contribution in [0.2, 0.25) is 0 Å². The van der Waals surface area contributed by atoms with Gasteiger partial charge in [0, 0.05) is 23.5 Å². The van der Waals surface area contributed by atoms with Gasteiger partial charge < -0.3 is 5.73 Å². The van der Waals surface area contributed by atoms with E-state index in [1.165, 1.54) is 11.3 Å². The molecule has 0 aromatic carbocycles. The molecule has 1 aliphatic heterocycles. The summed E-state index contributed by atoms with van der Waals surface area (Å²) in [5, 5.41) is 1.86. The Bertz CT molecular complexity index is 517. The summed E-state index contributed by atoms with van der Waals surface area (Å²) in [5.74, 6) is 0. The molecule has 0 saturated carbocycles. The quantitative estimate of drug-likeness (QED) is 0.887. The highest BCUT2D eigenvalue weighted by molar-refractivity contribution is 7.91. The van der Waals surface area contributed by atoms with Gasteiger partial charge in [0.05, 0.1) is 0 Å². The third-order valence-electron chi connectivity index (χ3n) is 3.52. The number of nitrogens with one attached hydrogen (secondary N) is 1. The fourth-order valence-corrected chi connectivity index (χ4v) is 4.86. The van der Waals surface area contributed by atoms with Gasteiger partial charge in [0.1, 0.15) is 4.21 Å². The molecule has 2 unspecified atom stereocenters. The van der Waals surface area contributed by atoms with Crippen LogP contribution in [-0.2, 0) is 16.6 Å². The average molecular weight is 303 g/mol. The van der Waals surface area contributed by atoms with Gasteiger partial charge in [0.15, 0.2) is 0 Å². The van der Waals surface area contributed by atoms with Crippen LogP contribution < -0.4 is 10.6 Å². The Morgan fingerprint density at radius 1 is 1.37 bits per heavy atom. The Balaban J connectivity index is 2.16. The molecule has 3 N–H and O–H groups in total. The molecule has 2 heterocycles. The van der Waals surface area contributed by atoms with Gasteiger partial charge in [-0.3, -0.25) is 0 Å². The largest absolute Gasteiger partial charge is 0.326 e. The summed E-state index contributed by atoms with van der Waals surface area (Å²) in [5.41, 5.74) is 5.52. The Morgan fingerprint density at radius 2 is 2.00 bits per heavy atom. The zero-order valence-electron chi connectivity index (χ0n) is 11.3. The zero-order chi connectivity index (χ0) is 14.0. The topological polar surface area (TPSA) is 75.4 Å². The van der Waals surface area contributed by atoms with Crippen molar-refractivity contribution in [1.82, 2.24) is 9.84 Å². The number of nitrogens with zero attached hydrogens (tertiary/aromatic N) is 1. The Hall–Kier alpha value is -0.470. The molecule has 2 rings (SSSR count). The first kappa shape index (κ1) is 14.9. The van der Waals surface area contributed by atoms with Gasteiger partial charge in [-0.2, -0.15) is 0 Å². The summed E-state index contributed by atoms with van der Waals surface area (Å²) in [4.78, 5) is 3.60.